The lowest BCUT2D eigenvalue weighted by molar-refractivity contribution is 0.0793. The van der Waals surface area contributed by atoms with E-state index in [9.17, 15) is 4.79 Å². The standard InChI is InChI=1S/C13H14N4O/c18-13(17-7-3-4-8-17)11-6-2-1-5-10(11)12-14-9-15-16-12/h1-2,5-6,9H,3-4,7-8H2,(H,14,15,16). The van der Waals surface area contributed by atoms with E-state index in [0.717, 1.165) is 31.5 Å². The van der Waals surface area contributed by atoms with Gasteiger partial charge in [0, 0.05) is 18.7 Å². The zero-order chi connectivity index (χ0) is 12.4. The highest BCUT2D eigenvalue weighted by Gasteiger charge is 2.22. The van der Waals surface area contributed by atoms with E-state index in [1.165, 1.54) is 6.33 Å². The highest BCUT2D eigenvalue weighted by molar-refractivity contribution is 6.00. The molecule has 0 saturated carbocycles. The number of aromatic amines is 1. The minimum absolute atomic E-state index is 0.0829. The Morgan fingerprint density at radius 1 is 1.22 bits per heavy atom. The third kappa shape index (κ3) is 1.88. The number of H-pyrrole nitrogens is 1. The summed E-state index contributed by atoms with van der Waals surface area (Å²) >= 11 is 0. The third-order valence-corrected chi connectivity index (χ3v) is 3.22. The van der Waals surface area contributed by atoms with E-state index in [0.29, 0.717) is 11.4 Å². The van der Waals surface area contributed by atoms with Crippen molar-refractivity contribution in [2.24, 2.45) is 0 Å². The lowest BCUT2D eigenvalue weighted by Crippen LogP contribution is -2.28. The number of carbonyl (C=O) groups excluding carboxylic acids is 1. The summed E-state index contributed by atoms with van der Waals surface area (Å²) in [6, 6.07) is 7.52. The Kier molecular flexibility index (Phi) is 2.80. The lowest BCUT2D eigenvalue weighted by atomic mass is 10.1. The molecule has 1 aromatic carbocycles. The molecule has 1 amide bonds. The monoisotopic (exact) mass is 242 g/mol. The van der Waals surface area contributed by atoms with Crippen LogP contribution in [0, 0.1) is 0 Å². The molecule has 1 aromatic heterocycles. The number of hydrogen-bond acceptors (Lipinski definition) is 3. The van der Waals surface area contributed by atoms with Crippen LogP contribution in [0.5, 0.6) is 0 Å². The topological polar surface area (TPSA) is 61.9 Å². The molecule has 92 valence electrons. The van der Waals surface area contributed by atoms with Crippen molar-refractivity contribution in [1.29, 1.82) is 0 Å². The van der Waals surface area contributed by atoms with Crippen LogP contribution in [0.25, 0.3) is 11.4 Å². The van der Waals surface area contributed by atoms with Gasteiger partial charge in [0.2, 0.25) is 0 Å². The van der Waals surface area contributed by atoms with Crippen LogP contribution < -0.4 is 0 Å². The Labute approximate surface area is 105 Å². The Morgan fingerprint density at radius 3 is 2.72 bits per heavy atom. The van der Waals surface area contributed by atoms with Gasteiger partial charge in [0.1, 0.15) is 6.33 Å². The Balaban J connectivity index is 1.99. The molecule has 18 heavy (non-hydrogen) atoms. The molecule has 5 nitrogen and oxygen atoms in total. The fraction of sp³-hybridized carbons (Fsp3) is 0.308. The van der Waals surface area contributed by atoms with Gasteiger partial charge in [0.15, 0.2) is 5.82 Å². The number of carbonyl (C=O) groups is 1. The van der Waals surface area contributed by atoms with Crippen molar-refractivity contribution in [3.05, 3.63) is 36.2 Å². The molecular weight excluding hydrogens is 228 g/mol. The molecule has 1 aliphatic rings. The fourth-order valence-electron chi connectivity index (χ4n) is 2.30. The van der Waals surface area contributed by atoms with Crippen LogP contribution >= 0.6 is 0 Å². The average Bonchev–Trinajstić information content (AvgIpc) is 3.11. The van der Waals surface area contributed by atoms with Gasteiger partial charge in [-0.2, -0.15) is 5.10 Å². The van der Waals surface area contributed by atoms with Crippen molar-refractivity contribution in [2.75, 3.05) is 13.1 Å². The van der Waals surface area contributed by atoms with Gasteiger partial charge < -0.3 is 4.90 Å². The van der Waals surface area contributed by atoms with Gasteiger partial charge in [-0.25, -0.2) is 4.98 Å². The first kappa shape index (κ1) is 11.0. The second kappa shape index (κ2) is 4.60. The largest absolute Gasteiger partial charge is 0.339 e. The average molecular weight is 242 g/mol. The van der Waals surface area contributed by atoms with Crippen molar-refractivity contribution >= 4 is 5.91 Å². The molecule has 1 saturated heterocycles. The molecule has 3 rings (SSSR count). The molecule has 0 bridgehead atoms. The molecule has 0 unspecified atom stereocenters. The summed E-state index contributed by atoms with van der Waals surface area (Å²) in [4.78, 5) is 18.4. The minimum atomic E-state index is 0.0829. The summed E-state index contributed by atoms with van der Waals surface area (Å²) < 4.78 is 0. The Bertz CT molecular complexity index is 544. The highest BCUT2D eigenvalue weighted by atomic mass is 16.2. The molecule has 0 radical (unpaired) electrons. The van der Waals surface area contributed by atoms with Crippen molar-refractivity contribution in [1.82, 2.24) is 20.1 Å². The maximum absolute atomic E-state index is 12.4. The molecule has 1 N–H and O–H groups in total. The summed E-state index contributed by atoms with van der Waals surface area (Å²) in [7, 11) is 0. The predicted molar refractivity (Wildman–Crippen MR) is 67.0 cm³/mol. The zero-order valence-corrected chi connectivity index (χ0v) is 9.97. The van der Waals surface area contributed by atoms with Crippen molar-refractivity contribution < 1.29 is 4.79 Å². The van der Waals surface area contributed by atoms with Gasteiger partial charge in [0.25, 0.3) is 5.91 Å². The van der Waals surface area contributed by atoms with Crippen LogP contribution in [0.15, 0.2) is 30.6 Å². The van der Waals surface area contributed by atoms with E-state index in [-0.39, 0.29) is 5.91 Å². The zero-order valence-electron chi connectivity index (χ0n) is 9.97. The van der Waals surface area contributed by atoms with Gasteiger partial charge in [-0.1, -0.05) is 18.2 Å². The first-order chi connectivity index (χ1) is 8.86. The molecule has 1 fully saturated rings. The highest BCUT2D eigenvalue weighted by Crippen LogP contribution is 2.22. The Hall–Kier alpha value is -2.17. The first-order valence-electron chi connectivity index (χ1n) is 6.10. The molecular formula is C13H14N4O. The van der Waals surface area contributed by atoms with E-state index in [1.54, 1.807) is 0 Å². The second-order valence-corrected chi connectivity index (χ2v) is 4.38. The van der Waals surface area contributed by atoms with E-state index in [1.807, 2.05) is 29.2 Å². The maximum Gasteiger partial charge on any atom is 0.254 e. The molecule has 5 heteroatoms. The van der Waals surface area contributed by atoms with Crippen LogP contribution in [-0.2, 0) is 0 Å². The molecule has 1 aliphatic heterocycles. The van der Waals surface area contributed by atoms with Crippen LogP contribution in [0.3, 0.4) is 0 Å². The normalized spacial score (nSPS) is 15.0. The van der Waals surface area contributed by atoms with Crippen molar-refractivity contribution in [3.63, 3.8) is 0 Å². The summed E-state index contributed by atoms with van der Waals surface area (Å²) in [5.74, 6) is 0.720. The summed E-state index contributed by atoms with van der Waals surface area (Å²) in [6.07, 6.45) is 3.64. The smallest absolute Gasteiger partial charge is 0.254 e. The quantitative estimate of drug-likeness (QED) is 0.872. The Morgan fingerprint density at radius 2 is 2.00 bits per heavy atom. The fourth-order valence-corrected chi connectivity index (χ4v) is 2.30. The van der Waals surface area contributed by atoms with E-state index in [2.05, 4.69) is 15.2 Å². The number of aromatic nitrogens is 3. The van der Waals surface area contributed by atoms with Gasteiger partial charge in [-0.15, -0.1) is 0 Å². The lowest BCUT2D eigenvalue weighted by Gasteiger charge is -2.16. The number of nitrogens with zero attached hydrogens (tertiary/aromatic N) is 3. The number of amides is 1. The van der Waals surface area contributed by atoms with Gasteiger partial charge in [0.05, 0.1) is 5.56 Å². The number of rotatable bonds is 2. The first-order valence-corrected chi connectivity index (χ1v) is 6.10. The van der Waals surface area contributed by atoms with Gasteiger partial charge in [-0.3, -0.25) is 9.89 Å². The van der Waals surface area contributed by atoms with E-state index in [4.69, 9.17) is 0 Å². The minimum Gasteiger partial charge on any atom is -0.339 e. The summed E-state index contributed by atoms with van der Waals surface area (Å²) in [6.45, 7) is 1.70. The van der Waals surface area contributed by atoms with Crippen molar-refractivity contribution in [2.45, 2.75) is 12.8 Å². The SMILES string of the molecule is O=C(c1ccccc1-c1ncn[nH]1)N1CCCC1. The maximum atomic E-state index is 12.4. The van der Waals surface area contributed by atoms with E-state index >= 15 is 0 Å². The number of nitrogens with one attached hydrogen (secondary N) is 1. The van der Waals surface area contributed by atoms with Crippen LogP contribution in [0.4, 0.5) is 0 Å². The van der Waals surface area contributed by atoms with Crippen molar-refractivity contribution in [3.8, 4) is 11.4 Å². The van der Waals surface area contributed by atoms with Crippen LogP contribution in [-0.4, -0.2) is 39.1 Å². The number of likely N-dealkylation sites (tertiary alicyclic amines) is 1. The van der Waals surface area contributed by atoms with Gasteiger partial charge >= 0.3 is 0 Å². The molecule has 2 heterocycles. The third-order valence-electron chi connectivity index (χ3n) is 3.22. The summed E-state index contributed by atoms with van der Waals surface area (Å²) in [5, 5.41) is 6.64. The molecule has 0 atom stereocenters. The number of benzene rings is 1. The number of hydrogen-bond donors (Lipinski definition) is 1. The van der Waals surface area contributed by atoms with Crippen LogP contribution in [0.1, 0.15) is 23.2 Å². The molecule has 2 aromatic rings. The molecule has 0 spiro atoms. The molecule has 0 aliphatic carbocycles. The van der Waals surface area contributed by atoms with E-state index < -0.39 is 0 Å². The summed E-state index contributed by atoms with van der Waals surface area (Å²) in [5.41, 5.74) is 1.50. The van der Waals surface area contributed by atoms with Gasteiger partial charge in [-0.05, 0) is 18.9 Å². The predicted octanol–water partition coefficient (Wildman–Crippen LogP) is 1.71. The van der Waals surface area contributed by atoms with Crippen LogP contribution in [0.2, 0.25) is 0 Å². The second-order valence-electron chi connectivity index (χ2n) is 4.38.